The maximum atomic E-state index is 6.64. The molecule has 0 bridgehead atoms. The lowest BCUT2D eigenvalue weighted by molar-refractivity contribution is 0.669. The van der Waals surface area contributed by atoms with Crippen molar-refractivity contribution in [3.05, 3.63) is 194 Å². The molecule has 0 amide bonds. The van der Waals surface area contributed by atoms with Crippen molar-refractivity contribution in [3.8, 4) is 67.3 Å². The summed E-state index contributed by atoms with van der Waals surface area (Å²) in [7, 11) is 0. The van der Waals surface area contributed by atoms with Gasteiger partial charge in [0.1, 0.15) is 22.3 Å². The van der Waals surface area contributed by atoms with E-state index < -0.39 is 0 Å². The molecule has 3 aromatic heterocycles. The van der Waals surface area contributed by atoms with Gasteiger partial charge in [0.15, 0.2) is 5.82 Å². The topological polar surface area (TPSA) is 52.1 Å². The minimum Gasteiger partial charge on any atom is -0.456 e. The maximum Gasteiger partial charge on any atom is 0.160 e. The summed E-state index contributed by atoms with van der Waals surface area (Å²) in [4.78, 5) is 10.4. The lowest BCUT2D eigenvalue weighted by Gasteiger charge is -2.12. The Morgan fingerprint density at radius 3 is 1.61 bits per heavy atom. The molecule has 0 aliphatic rings. The maximum absolute atomic E-state index is 6.64. The van der Waals surface area contributed by atoms with Gasteiger partial charge in [-0.05, 0) is 70.3 Å². The number of rotatable bonds is 6. The molecular formula is C52H32N2O2. The van der Waals surface area contributed by atoms with Crippen LogP contribution >= 0.6 is 0 Å². The predicted octanol–water partition coefficient (Wildman–Crippen LogP) is 14.3. The van der Waals surface area contributed by atoms with Crippen LogP contribution in [0.25, 0.3) is 111 Å². The van der Waals surface area contributed by atoms with E-state index in [9.17, 15) is 0 Å². The molecule has 3 heterocycles. The van der Waals surface area contributed by atoms with Gasteiger partial charge in [-0.3, -0.25) is 0 Å². The van der Waals surface area contributed by atoms with Crippen LogP contribution in [0.3, 0.4) is 0 Å². The largest absolute Gasteiger partial charge is 0.456 e. The Morgan fingerprint density at radius 1 is 0.304 bits per heavy atom. The summed E-state index contributed by atoms with van der Waals surface area (Å²) in [5.41, 5.74) is 14.8. The molecule has 0 aliphatic carbocycles. The second-order valence-corrected chi connectivity index (χ2v) is 14.1. The summed E-state index contributed by atoms with van der Waals surface area (Å²) in [6.07, 6.45) is 0. The average molecular weight is 717 g/mol. The highest BCUT2D eigenvalue weighted by Crippen LogP contribution is 2.43. The van der Waals surface area contributed by atoms with Gasteiger partial charge in [0, 0.05) is 43.8 Å². The molecule has 0 unspecified atom stereocenters. The van der Waals surface area contributed by atoms with Gasteiger partial charge in [0.05, 0.1) is 11.4 Å². The van der Waals surface area contributed by atoms with Crippen molar-refractivity contribution in [1.29, 1.82) is 0 Å². The van der Waals surface area contributed by atoms with Crippen LogP contribution in [0.5, 0.6) is 0 Å². The van der Waals surface area contributed by atoms with Gasteiger partial charge >= 0.3 is 0 Å². The molecule has 262 valence electrons. The number of furan rings is 2. The van der Waals surface area contributed by atoms with Crippen LogP contribution in [0.2, 0.25) is 0 Å². The fourth-order valence-electron chi connectivity index (χ4n) is 8.08. The Bertz CT molecular complexity index is 3250. The summed E-state index contributed by atoms with van der Waals surface area (Å²) in [5, 5.41) is 4.35. The average Bonchev–Trinajstić information content (AvgIpc) is 3.86. The van der Waals surface area contributed by atoms with Crippen molar-refractivity contribution in [3.63, 3.8) is 0 Å². The predicted molar refractivity (Wildman–Crippen MR) is 229 cm³/mol. The zero-order chi connectivity index (χ0) is 37.0. The first-order valence-electron chi connectivity index (χ1n) is 18.8. The molecule has 0 N–H and O–H groups in total. The third-order valence-electron chi connectivity index (χ3n) is 10.7. The molecule has 0 spiro atoms. The van der Waals surface area contributed by atoms with E-state index in [0.29, 0.717) is 5.82 Å². The number of fused-ring (bicyclic) bond motifs is 6. The summed E-state index contributed by atoms with van der Waals surface area (Å²) < 4.78 is 12.9. The fraction of sp³-hybridized carbons (Fsp3) is 0. The van der Waals surface area contributed by atoms with Crippen molar-refractivity contribution in [1.82, 2.24) is 9.97 Å². The molecule has 0 saturated carbocycles. The molecule has 0 aliphatic heterocycles. The normalized spacial score (nSPS) is 11.6. The molecule has 4 nitrogen and oxygen atoms in total. The summed E-state index contributed by atoms with van der Waals surface area (Å²) in [6.45, 7) is 0. The van der Waals surface area contributed by atoms with Crippen molar-refractivity contribution in [2.45, 2.75) is 0 Å². The molecule has 4 heteroatoms. The number of nitrogens with zero attached hydrogens (tertiary/aromatic N) is 2. The number of para-hydroxylation sites is 2. The SMILES string of the molecule is c1ccc(-c2cc(-c3cccc4oc5ccccc5c34)nc(-c3cccc(-c4cccc(-c5ccc(-c6ccccc6)c6c5oc5ccccc56)c4)c3)n2)cc1. The van der Waals surface area contributed by atoms with Gasteiger partial charge in [-0.2, -0.15) is 0 Å². The lowest BCUT2D eigenvalue weighted by atomic mass is 9.93. The van der Waals surface area contributed by atoms with Crippen molar-refractivity contribution in [2.24, 2.45) is 0 Å². The summed E-state index contributed by atoms with van der Waals surface area (Å²) in [5.74, 6) is 0.657. The number of aromatic nitrogens is 2. The number of benzene rings is 8. The van der Waals surface area contributed by atoms with E-state index in [0.717, 1.165) is 105 Å². The third kappa shape index (κ3) is 5.39. The van der Waals surface area contributed by atoms with Gasteiger partial charge < -0.3 is 8.83 Å². The molecule has 0 fully saturated rings. The fourth-order valence-corrected chi connectivity index (χ4v) is 8.08. The second-order valence-electron chi connectivity index (χ2n) is 14.1. The smallest absolute Gasteiger partial charge is 0.160 e. The van der Waals surface area contributed by atoms with E-state index in [2.05, 4.69) is 140 Å². The Labute approximate surface area is 323 Å². The highest BCUT2D eigenvalue weighted by atomic mass is 16.3. The molecule has 0 atom stereocenters. The monoisotopic (exact) mass is 716 g/mol. The molecule has 56 heavy (non-hydrogen) atoms. The van der Waals surface area contributed by atoms with E-state index >= 15 is 0 Å². The van der Waals surface area contributed by atoms with Crippen LogP contribution in [-0.2, 0) is 0 Å². The minimum atomic E-state index is 0.657. The first-order chi connectivity index (χ1) is 27.7. The molecule has 11 rings (SSSR count). The summed E-state index contributed by atoms with van der Waals surface area (Å²) >= 11 is 0. The zero-order valence-corrected chi connectivity index (χ0v) is 30.2. The second kappa shape index (κ2) is 13.1. The highest BCUT2D eigenvalue weighted by Gasteiger charge is 2.19. The van der Waals surface area contributed by atoms with Crippen LogP contribution in [-0.4, -0.2) is 9.97 Å². The minimum absolute atomic E-state index is 0.657. The lowest BCUT2D eigenvalue weighted by Crippen LogP contribution is -1.96. The Morgan fingerprint density at radius 2 is 0.839 bits per heavy atom. The highest BCUT2D eigenvalue weighted by molar-refractivity contribution is 6.16. The van der Waals surface area contributed by atoms with Crippen LogP contribution in [0.4, 0.5) is 0 Å². The molecular weight excluding hydrogens is 685 g/mol. The van der Waals surface area contributed by atoms with Crippen LogP contribution in [0, 0.1) is 0 Å². The Hall–Kier alpha value is -7.56. The first-order valence-corrected chi connectivity index (χ1v) is 18.8. The standard InChI is InChI=1S/C52H32N2O2/c1-3-14-33(15-4-1)39-28-29-40(51-50(39)43-23-8-10-26-47(43)56-51)37-20-11-18-35(30-37)36-19-12-21-38(31-36)52-53-44(34-16-5-2-6-17-34)32-45(54-52)41-24-13-27-48-49(41)42-22-7-9-25-46(42)55-48/h1-32H. The van der Waals surface area contributed by atoms with Gasteiger partial charge in [0.25, 0.3) is 0 Å². The quantitative estimate of drug-likeness (QED) is 0.172. The first kappa shape index (κ1) is 31.9. The summed E-state index contributed by atoms with van der Waals surface area (Å²) in [6, 6.07) is 67.2. The van der Waals surface area contributed by atoms with Gasteiger partial charge in [-0.15, -0.1) is 0 Å². The van der Waals surface area contributed by atoms with Gasteiger partial charge in [-0.1, -0.05) is 152 Å². The molecule has 8 aromatic carbocycles. The van der Waals surface area contributed by atoms with Crippen LogP contribution < -0.4 is 0 Å². The van der Waals surface area contributed by atoms with Crippen molar-refractivity contribution < 1.29 is 8.83 Å². The van der Waals surface area contributed by atoms with Crippen molar-refractivity contribution >= 4 is 43.9 Å². The van der Waals surface area contributed by atoms with E-state index in [1.807, 2.05) is 54.6 Å². The van der Waals surface area contributed by atoms with Gasteiger partial charge in [0.2, 0.25) is 0 Å². The van der Waals surface area contributed by atoms with Gasteiger partial charge in [-0.25, -0.2) is 9.97 Å². The van der Waals surface area contributed by atoms with Crippen LogP contribution in [0.1, 0.15) is 0 Å². The zero-order valence-electron chi connectivity index (χ0n) is 30.2. The Balaban J connectivity index is 1.04. The Kier molecular flexibility index (Phi) is 7.46. The number of hydrogen-bond acceptors (Lipinski definition) is 4. The molecule has 0 radical (unpaired) electrons. The van der Waals surface area contributed by atoms with E-state index in [1.165, 1.54) is 0 Å². The molecule has 0 saturated heterocycles. The van der Waals surface area contributed by atoms with Crippen molar-refractivity contribution in [2.75, 3.05) is 0 Å². The van der Waals surface area contributed by atoms with Crippen LogP contribution in [0.15, 0.2) is 203 Å². The van der Waals surface area contributed by atoms with E-state index in [1.54, 1.807) is 0 Å². The third-order valence-corrected chi connectivity index (χ3v) is 10.7. The number of hydrogen-bond donors (Lipinski definition) is 0. The van der Waals surface area contributed by atoms with E-state index in [-0.39, 0.29) is 0 Å². The molecule has 11 aromatic rings. The van der Waals surface area contributed by atoms with E-state index in [4.69, 9.17) is 18.8 Å².